The summed E-state index contributed by atoms with van der Waals surface area (Å²) in [7, 11) is 1.58. The van der Waals surface area contributed by atoms with E-state index in [4.69, 9.17) is 10.5 Å². The highest BCUT2D eigenvalue weighted by atomic mass is 16.5. The molecule has 0 aliphatic carbocycles. The topological polar surface area (TPSA) is 92.5 Å². The van der Waals surface area contributed by atoms with E-state index in [1.807, 2.05) is 48.3 Å². The number of hydrogen-bond donors (Lipinski definition) is 3. The molecule has 2 aromatic rings. The van der Waals surface area contributed by atoms with Crippen molar-refractivity contribution < 1.29 is 9.53 Å². The van der Waals surface area contributed by atoms with E-state index in [-0.39, 0.29) is 6.04 Å². The van der Waals surface area contributed by atoms with Crippen molar-refractivity contribution in [3.8, 4) is 5.88 Å². The monoisotopic (exact) mass is 325 g/mol. The Morgan fingerprint density at radius 2 is 2.04 bits per heavy atom. The number of hydrogen-bond acceptors (Lipinski definition) is 5. The Morgan fingerprint density at radius 3 is 2.62 bits per heavy atom. The summed E-state index contributed by atoms with van der Waals surface area (Å²) in [6.07, 6.45) is 1.75. The number of benzene rings is 1. The molecule has 0 radical (unpaired) electrons. The van der Waals surface area contributed by atoms with Crippen LogP contribution in [0.25, 0.3) is 0 Å². The van der Waals surface area contributed by atoms with Gasteiger partial charge in [0.1, 0.15) is 5.82 Å². The van der Waals surface area contributed by atoms with Crippen LogP contribution in [0.3, 0.4) is 0 Å². The van der Waals surface area contributed by atoms with Gasteiger partial charge in [-0.2, -0.15) is 0 Å². The number of rotatable bonds is 4. The summed E-state index contributed by atoms with van der Waals surface area (Å²) in [5, 5.41) is 4.51. The van der Waals surface area contributed by atoms with Gasteiger partial charge in [-0.3, -0.25) is 10.3 Å². The maximum absolute atomic E-state index is 11.4. The number of nitrogens with zero attached hydrogens (tertiary/aromatic N) is 2. The zero-order valence-corrected chi connectivity index (χ0v) is 13.5. The van der Waals surface area contributed by atoms with Crippen LogP contribution in [0.4, 0.5) is 10.5 Å². The number of primary amides is 1. The molecule has 0 bridgehead atoms. The number of para-hydroxylation sites is 1. The molecule has 124 valence electrons. The molecule has 0 fully saturated rings. The molecule has 1 aromatic carbocycles. The SMILES string of the molecule is COc1ccc(C2NN(c3ccccc3)C(NC(N)=O)=C2C)cn1. The van der Waals surface area contributed by atoms with Gasteiger partial charge in [0.25, 0.3) is 0 Å². The quantitative estimate of drug-likeness (QED) is 0.800. The van der Waals surface area contributed by atoms with Crippen molar-refractivity contribution in [2.24, 2.45) is 5.73 Å². The van der Waals surface area contributed by atoms with E-state index in [1.54, 1.807) is 19.4 Å². The van der Waals surface area contributed by atoms with Crippen molar-refractivity contribution in [1.29, 1.82) is 0 Å². The first-order valence-electron chi connectivity index (χ1n) is 7.48. The predicted octanol–water partition coefficient (Wildman–Crippen LogP) is 2.06. The first-order valence-corrected chi connectivity index (χ1v) is 7.48. The third kappa shape index (κ3) is 3.02. The van der Waals surface area contributed by atoms with E-state index in [2.05, 4.69) is 15.7 Å². The van der Waals surface area contributed by atoms with Crippen molar-refractivity contribution in [3.05, 3.63) is 65.6 Å². The fourth-order valence-electron chi connectivity index (χ4n) is 2.66. The van der Waals surface area contributed by atoms with Crippen LogP contribution in [0.15, 0.2) is 60.1 Å². The number of nitrogens with two attached hydrogens (primary N) is 1. The van der Waals surface area contributed by atoms with Gasteiger partial charge in [0, 0.05) is 12.3 Å². The zero-order valence-electron chi connectivity index (χ0n) is 13.5. The lowest BCUT2D eigenvalue weighted by atomic mass is 10.0. The van der Waals surface area contributed by atoms with E-state index < -0.39 is 6.03 Å². The lowest BCUT2D eigenvalue weighted by Crippen LogP contribution is -2.41. The van der Waals surface area contributed by atoms with Gasteiger partial charge >= 0.3 is 6.03 Å². The van der Waals surface area contributed by atoms with Gasteiger partial charge in [-0.05, 0) is 30.2 Å². The van der Waals surface area contributed by atoms with Crippen molar-refractivity contribution in [1.82, 2.24) is 15.7 Å². The third-order valence-electron chi connectivity index (χ3n) is 3.85. The number of amides is 2. The number of hydrazine groups is 1. The third-order valence-corrected chi connectivity index (χ3v) is 3.85. The summed E-state index contributed by atoms with van der Waals surface area (Å²) >= 11 is 0. The molecule has 7 nitrogen and oxygen atoms in total. The molecular formula is C17H19N5O2. The highest BCUT2D eigenvalue weighted by molar-refractivity contribution is 5.75. The fraction of sp³-hybridized carbons (Fsp3) is 0.176. The smallest absolute Gasteiger partial charge is 0.317 e. The number of carbonyl (C=O) groups is 1. The number of nitrogens with one attached hydrogen (secondary N) is 2. The normalized spacial score (nSPS) is 17.1. The summed E-state index contributed by atoms with van der Waals surface area (Å²) in [5.74, 6) is 1.17. The van der Waals surface area contributed by atoms with Gasteiger partial charge in [0.15, 0.2) is 0 Å². The van der Waals surface area contributed by atoms with Crippen molar-refractivity contribution in [3.63, 3.8) is 0 Å². The molecule has 0 saturated carbocycles. The molecule has 4 N–H and O–H groups in total. The molecule has 0 saturated heterocycles. The molecule has 1 aliphatic rings. The van der Waals surface area contributed by atoms with Crippen molar-refractivity contribution in [2.45, 2.75) is 13.0 Å². The molecule has 1 aliphatic heterocycles. The molecular weight excluding hydrogens is 306 g/mol. The van der Waals surface area contributed by atoms with Crippen LogP contribution < -0.4 is 26.2 Å². The second-order valence-electron chi connectivity index (χ2n) is 5.39. The zero-order chi connectivity index (χ0) is 17.1. The fourth-order valence-corrected chi connectivity index (χ4v) is 2.66. The Morgan fingerprint density at radius 1 is 1.29 bits per heavy atom. The van der Waals surface area contributed by atoms with E-state index >= 15 is 0 Å². The van der Waals surface area contributed by atoms with Gasteiger partial charge in [0.05, 0.1) is 18.8 Å². The van der Waals surface area contributed by atoms with Crippen LogP contribution >= 0.6 is 0 Å². The molecule has 1 aromatic heterocycles. The Labute approximate surface area is 140 Å². The highest BCUT2D eigenvalue weighted by Gasteiger charge is 2.31. The molecule has 1 atom stereocenters. The van der Waals surface area contributed by atoms with Crippen LogP contribution in [0, 0.1) is 0 Å². The predicted molar refractivity (Wildman–Crippen MR) is 91.0 cm³/mol. The number of urea groups is 1. The summed E-state index contributed by atoms with van der Waals surface area (Å²) in [6.45, 7) is 1.94. The second-order valence-corrected chi connectivity index (χ2v) is 5.39. The summed E-state index contributed by atoms with van der Waals surface area (Å²) in [4.78, 5) is 15.6. The van der Waals surface area contributed by atoms with Crippen LogP contribution in [0.5, 0.6) is 5.88 Å². The molecule has 0 spiro atoms. The molecule has 24 heavy (non-hydrogen) atoms. The van der Waals surface area contributed by atoms with E-state index in [9.17, 15) is 4.79 Å². The first kappa shape index (κ1) is 15.8. The van der Waals surface area contributed by atoms with E-state index in [0.717, 1.165) is 16.8 Å². The van der Waals surface area contributed by atoms with Gasteiger partial charge in [-0.1, -0.05) is 24.3 Å². The molecule has 1 unspecified atom stereocenters. The number of aromatic nitrogens is 1. The van der Waals surface area contributed by atoms with Crippen LogP contribution in [-0.2, 0) is 0 Å². The van der Waals surface area contributed by atoms with Gasteiger partial charge in [0.2, 0.25) is 5.88 Å². The summed E-state index contributed by atoms with van der Waals surface area (Å²) in [5.41, 5.74) is 11.5. The average Bonchev–Trinajstić information content (AvgIpc) is 2.92. The largest absolute Gasteiger partial charge is 0.481 e. The lowest BCUT2D eigenvalue weighted by molar-refractivity contribution is 0.251. The highest BCUT2D eigenvalue weighted by Crippen LogP contribution is 2.33. The Balaban J connectivity index is 1.96. The second kappa shape index (κ2) is 6.59. The lowest BCUT2D eigenvalue weighted by Gasteiger charge is -2.23. The van der Waals surface area contributed by atoms with Crippen LogP contribution in [-0.4, -0.2) is 18.1 Å². The maximum Gasteiger partial charge on any atom is 0.317 e. The molecule has 2 heterocycles. The van der Waals surface area contributed by atoms with Crippen LogP contribution in [0.1, 0.15) is 18.5 Å². The Kier molecular flexibility index (Phi) is 4.35. The van der Waals surface area contributed by atoms with Crippen molar-refractivity contribution >= 4 is 11.7 Å². The number of methoxy groups -OCH3 is 1. The van der Waals surface area contributed by atoms with E-state index in [1.165, 1.54) is 0 Å². The number of anilines is 1. The standard InChI is InChI=1S/C17H19N5O2/c1-11-15(12-8-9-14(24-2)19-10-12)21-22(16(11)20-17(18)23)13-6-4-3-5-7-13/h3-10,15,21H,1-2H3,(H3,18,20,23). The number of pyridine rings is 1. The number of ether oxygens (including phenoxy) is 1. The minimum atomic E-state index is -0.611. The Bertz CT molecular complexity index is 758. The number of carbonyl (C=O) groups excluding carboxylic acids is 1. The maximum atomic E-state index is 11.4. The van der Waals surface area contributed by atoms with Gasteiger partial charge in [-0.25, -0.2) is 15.2 Å². The van der Waals surface area contributed by atoms with Gasteiger partial charge in [-0.15, -0.1) is 0 Å². The summed E-state index contributed by atoms with van der Waals surface area (Å²) in [6, 6.07) is 12.7. The Hall–Kier alpha value is -3.06. The average molecular weight is 325 g/mol. The minimum Gasteiger partial charge on any atom is -0.481 e. The van der Waals surface area contributed by atoms with Gasteiger partial charge < -0.3 is 10.5 Å². The first-order chi connectivity index (χ1) is 11.6. The molecule has 7 heteroatoms. The molecule has 2 amide bonds. The van der Waals surface area contributed by atoms with Crippen LogP contribution in [0.2, 0.25) is 0 Å². The molecule has 3 rings (SSSR count). The van der Waals surface area contributed by atoms with Crippen molar-refractivity contribution in [2.75, 3.05) is 12.1 Å². The van der Waals surface area contributed by atoms with E-state index in [0.29, 0.717) is 11.7 Å². The minimum absolute atomic E-state index is 0.134. The summed E-state index contributed by atoms with van der Waals surface area (Å²) < 4.78 is 5.10.